The first kappa shape index (κ1) is 15.2. The van der Waals surface area contributed by atoms with E-state index in [0.717, 1.165) is 20.3 Å². The van der Waals surface area contributed by atoms with Crippen molar-refractivity contribution < 1.29 is 19.3 Å². The summed E-state index contributed by atoms with van der Waals surface area (Å²) in [6.07, 6.45) is 0. The van der Waals surface area contributed by atoms with Crippen LogP contribution in [-0.2, 0) is 16.1 Å². The third kappa shape index (κ3) is 2.95. The van der Waals surface area contributed by atoms with Crippen molar-refractivity contribution in [2.75, 3.05) is 20.3 Å². The van der Waals surface area contributed by atoms with Gasteiger partial charge in [-0.15, -0.1) is 0 Å². The van der Waals surface area contributed by atoms with Crippen LogP contribution in [-0.4, -0.2) is 47.9 Å². The van der Waals surface area contributed by atoms with Crippen LogP contribution >= 0.6 is 0 Å². The predicted molar refractivity (Wildman–Crippen MR) is 76.3 cm³/mol. The molecule has 4 amide bonds. The van der Waals surface area contributed by atoms with Crippen LogP contribution in [0, 0.1) is 6.92 Å². The number of rotatable bonds is 5. The lowest BCUT2D eigenvalue weighted by Crippen LogP contribution is -3.09. The molecule has 1 unspecified atom stereocenters. The molecule has 1 aliphatic rings. The van der Waals surface area contributed by atoms with E-state index < -0.39 is 17.8 Å². The maximum Gasteiger partial charge on any atom is 0.338 e. The molecule has 0 aromatic heterocycles. The van der Waals surface area contributed by atoms with E-state index >= 15 is 0 Å². The Hall–Kier alpha value is -2.21. The number of urea groups is 1. The molecular weight excluding hydrogens is 270 g/mol. The van der Waals surface area contributed by atoms with Gasteiger partial charge in [0.05, 0.1) is 7.05 Å². The van der Waals surface area contributed by atoms with Gasteiger partial charge in [-0.25, -0.2) is 9.69 Å². The van der Waals surface area contributed by atoms with Gasteiger partial charge in [-0.2, -0.15) is 0 Å². The van der Waals surface area contributed by atoms with Gasteiger partial charge < -0.3 is 4.90 Å². The number of nitrogens with zero attached hydrogens (tertiary/aromatic N) is 2. The van der Waals surface area contributed by atoms with Crippen LogP contribution in [0.2, 0.25) is 0 Å². The highest BCUT2D eigenvalue weighted by atomic mass is 16.2. The van der Waals surface area contributed by atoms with Crippen LogP contribution in [0.15, 0.2) is 24.3 Å². The van der Waals surface area contributed by atoms with Crippen LogP contribution in [0.3, 0.4) is 0 Å². The Labute approximate surface area is 123 Å². The van der Waals surface area contributed by atoms with Crippen LogP contribution in [0.5, 0.6) is 0 Å². The van der Waals surface area contributed by atoms with E-state index in [1.54, 1.807) is 6.92 Å². The first-order chi connectivity index (χ1) is 9.95. The van der Waals surface area contributed by atoms with Crippen LogP contribution < -0.4 is 4.90 Å². The lowest BCUT2D eigenvalue weighted by atomic mass is 10.1. The first-order valence-corrected chi connectivity index (χ1v) is 6.98. The molecule has 1 aromatic rings. The van der Waals surface area contributed by atoms with Gasteiger partial charge in [-0.05, 0) is 19.4 Å². The van der Waals surface area contributed by atoms with Gasteiger partial charge in [-0.1, -0.05) is 24.3 Å². The number of carbonyl (C=O) groups excluding carboxylic acids is 3. The third-order valence-corrected chi connectivity index (χ3v) is 3.63. The van der Waals surface area contributed by atoms with Crippen molar-refractivity contribution in [3.8, 4) is 0 Å². The highest BCUT2D eigenvalue weighted by Crippen LogP contribution is 2.10. The summed E-state index contributed by atoms with van der Waals surface area (Å²) in [7, 11) is 1.89. The molecule has 0 radical (unpaired) electrons. The van der Waals surface area contributed by atoms with Gasteiger partial charge in [0.1, 0.15) is 6.54 Å². The molecule has 1 saturated heterocycles. The van der Waals surface area contributed by atoms with E-state index in [1.807, 2.05) is 38.2 Å². The normalized spacial score (nSPS) is 16.8. The average Bonchev–Trinajstić information content (AvgIpc) is 2.65. The molecule has 0 spiro atoms. The summed E-state index contributed by atoms with van der Waals surface area (Å²) in [4.78, 5) is 38.5. The summed E-state index contributed by atoms with van der Waals surface area (Å²) in [6, 6.07) is 7.47. The maximum atomic E-state index is 12.0. The second-order valence-electron chi connectivity index (χ2n) is 5.28. The highest BCUT2D eigenvalue weighted by molar-refractivity contribution is 6.44. The molecule has 1 atom stereocenters. The van der Waals surface area contributed by atoms with E-state index in [0.29, 0.717) is 6.54 Å². The molecule has 1 aromatic carbocycles. The van der Waals surface area contributed by atoms with E-state index in [4.69, 9.17) is 0 Å². The smallest absolute Gasteiger partial charge is 0.316 e. The summed E-state index contributed by atoms with van der Waals surface area (Å²) in [6.45, 7) is 4.79. The van der Waals surface area contributed by atoms with E-state index in [-0.39, 0.29) is 13.2 Å². The molecule has 1 aliphatic heterocycles. The average molecular weight is 290 g/mol. The Morgan fingerprint density at radius 3 is 2.24 bits per heavy atom. The molecule has 112 valence electrons. The summed E-state index contributed by atoms with van der Waals surface area (Å²) in [5, 5.41) is 0. The van der Waals surface area contributed by atoms with E-state index in [2.05, 4.69) is 0 Å². The molecule has 0 aliphatic carbocycles. The Morgan fingerprint density at radius 1 is 1.05 bits per heavy atom. The molecule has 0 saturated carbocycles. The lowest BCUT2D eigenvalue weighted by Gasteiger charge is -2.20. The van der Waals surface area contributed by atoms with Crippen molar-refractivity contribution in [3.05, 3.63) is 35.4 Å². The standard InChI is InChI=1S/C15H19N3O3/c1-4-17-13(19)14(20)18(15(17)21)10-16(3)9-12-8-6-5-7-11(12)2/h5-8H,4,9-10H2,1-3H3/p+1. The molecule has 1 N–H and O–H groups in total. The Bertz CT molecular complexity index is 585. The second kappa shape index (κ2) is 6.05. The number of likely N-dealkylation sites (N-methyl/N-ethyl adjacent to an activating group) is 1. The van der Waals surface area contributed by atoms with E-state index in [9.17, 15) is 14.4 Å². The highest BCUT2D eigenvalue weighted by Gasteiger charge is 2.44. The van der Waals surface area contributed by atoms with Crippen LogP contribution in [0.4, 0.5) is 4.79 Å². The molecule has 21 heavy (non-hydrogen) atoms. The van der Waals surface area contributed by atoms with Crippen molar-refractivity contribution in [1.82, 2.24) is 9.80 Å². The minimum absolute atomic E-state index is 0.189. The third-order valence-electron chi connectivity index (χ3n) is 3.63. The van der Waals surface area contributed by atoms with Gasteiger partial charge in [0.15, 0.2) is 6.67 Å². The molecule has 1 heterocycles. The molecule has 6 nitrogen and oxygen atoms in total. The number of hydrogen-bond donors (Lipinski definition) is 1. The monoisotopic (exact) mass is 290 g/mol. The van der Waals surface area contributed by atoms with Crippen molar-refractivity contribution in [2.45, 2.75) is 20.4 Å². The zero-order chi connectivity index (χ0) is 15.6. The lowest BCUT2D eigenvalue weighted by molar-refractivity contribution is -0.901. The Morgan fingerprint density at radius 2 is 1.67 bits per heavy atom. The molecular formula is C15H20N3O3+. The molecule has 6 heteroatoms. The van der Waals surface area contributed by atoms with Crippen molar-refractivity contribution in [3.63, 3.8) is 0 Å². The number of aryl methyl sites for hydroxylation is 1. The molecule has 1 fully saturated rings. The summed E-state index contributed by atoms with van der Waals surface area (Å²) in [5.74, 6) is -1.46. The first-order valence-electron chi connectivity index (χ1n) is 6.98. The number of quaternary nitrogens is 1. The Balaban J connectivity index is 2.05. The SMILES string of the molecule is CCN1C(=O)C(=O)N(C[NH+](C)Cc2ccccc2C)C1=O. The summed E-state index contributed by atoms with van der Waals surface area (Å²) >= 11 is 0. The summed E-state index contributed by atoms with van der Waals surface area (Å²) < 4.78 is 0. The number of nitrogens with one attached hydrogen (secondary N) is 1. The fourth-order valence-corrected chi connectivity index (χ4v) is 2.43. The minimum atomic E-state index is -0.731. The zero-order valence-electron chi connectivity index (χ0n) is 12.5. The Kier molecular flexibility index (Phi) is 4.37. The topological polar surface area (TPSA) is 62.1 Å². The number of benzene rings is 1. The van der Waals surface area contributed by atoms with Gasteiger partial charge in [-0.3, -0.25) is 14.5 Å². The van der Waals surface area contributed by atoms with Crippen molar-refractivity contribution in [2.24, 2.45) is 0 Å². The molecule has 2 rings (SSSR count). The quantitative estimate of drug-likeness (QED) is 0.602. The van der Waals surface area contributed by atoms with Crippen molar-refractivity contribution in [1.29, 1.82) is 0 Å². The number of imide groups is 2. The van der Waals surface area contributed by atoms with Gasteiger partial charge in [0, 0.05) is 12.1 Å². The number of carbonyl (C=O) groups is 3. The van der Waals surface area contributed by atoms with Crippen molar-refractivity contribution >= 4 is 17.8 Å². The van der Waals surface area contributed by atoms with Gasteiger partial charge >= 0.3 is 17.8 Å². The fraction of sp³-hybridized carbons (Fsp3) is 0.400. The van der Waals surface area contributed by atoms with Gasteiger partial charge in [0.2, 0.25) is 0 Å². The number of hydrogen-bond acceptors (Lipinski definition) is 3. The molecule has 0 bridgehead atoms. The zero-order valence-corrected chi connectivity index (χ0v) is 12.5. The number of amides is 4. The van der Waals surface area contributed by atoms with E-state index in [1.165, 1.54) is 5.56 Å². The predicted octanol–water partition coefficient (Wildman–Crippen LogP) is -0.222. The van der Waals surface area contributed by atoms with Gasteiger partial charge in [0.25, 0.3) is 0 Å². The second-order valence-corrected chi connectivity index (χ2v) is 5.28. The van der Waals surface area contributed by atoms with Crippen LogP contribution in [0.1, 0.15) is 18.1 Å². The fourth-order valence-electron chi connectivity index (χ4n) is 2.43. The maximum absolute atomic E-state index is 12.0. The summed E-state index contributed by atoms with van der Waals surface area (Å²) in [5.41, 5.74) is 2.33. The largest absolute Gasteiger partial charge is 0.338 e. The van der Waals surface area contributed by atoms with Crippen LogP contribution in [0.25, 0.3) is 0 Å². The minimum Gasteiger partial charge on any atom is -0.316 e.